The normalized spacial score (nSPS) is 27.7. The Labute approximate surface area is 169 Å². The highest BCUT2D eigenvalue weighted by Gasteiger charge is 2.44. The number of thioether (sulfide) groups is 1. The Kier molecular flexibility index (Phi) is 6.68. The zero-order chi connectivity index (χ0) is 20.4. The van der Waals surface area contributed by atoms with Crippen LogP contribution in [0.4, 0.5) is 0 Å². The molecular weight excluding hydrogens is 376 g/mol. The second-order valence-electron chi connectivity index (χ2n) is 7.43. The molecule has 5 N–H and O–H groups in total. The molecular formula is C22H28O5S. The van der Waals surface area contributed by atoms with Crippen LogP contribution in [0.3, 0.4) is 0 Å². The van der Waals surface area contributed by atoms with E-state index < -0.39 is 28.8 Å². The number of hydrogen-bond donors (Lipinski definition) is 5. The van der Waals surface area contributed by atoms with E-state index in [1.165, 1.54) is 17.3 Å². The third-order valence-electron chi connectivity index (χ3n) is 5.51. The molecule has 1 saturated heterocycles. The summed E-state index contributed by atoms with van der Waals surface area (Å²) in [5, 5.41) is 49.4. The topological polar surface area (TPSA) is 101 Å². The van der Waals surface area contributed by atoms with E-state index >= 15 is 0 Å². The van der Waals surface area contributed by atoms with Crippen LogP contribution in [0, 0.1) is 6.92 Å². The Morgan fingerprint density at radius 1 is 0.929 bits per heavy atom. The fourth-order valence-electron chi connectivity index (χ4n) is 3.65. The van der Waals surface area contributed by atoms with Gasteiger partial charge in [0, 0.05) is 5.56 Å². The van der Waals surface area contributed by atoms with Crippen molar-refractivity contribution in [2.24, 2.45) is 0 Å². The van der Waals surface area contributed by atoms with Gasteiger partial charge >= 0.3 is 0 Å². The number of phenolic OH excluding ortho intramolecular Hbond substituents is 1. The molecule has 0 radical (unpaired) electrons. The monoisotopic (exact) mass is 404 g/mol. The highest BCUT2D eigenvalue weighted by atomic mass is 32.2. The van der Waals surface area contributed by atoms with E-state index in [1.807, 2.05) is 13.0 Å². The average Bonchev–Trinajstić information content (AvgIpc) is 2.69. The van der Waals surface area contributed by atoms with Gasteiger partial charge in [-0.25, -0.2) is 0 Å². The summed E-state index contributed by atoms with van der Waals surface area (Å²) in [7, 11) is 0. The van der Waals surface area contributed by atoms with Crippen LogP contribution < -0.4 is 0 Å². The molecule has 3 rings (SSSR count). The fourth-order valence-corrected chi connectivity index (χ4v) is 5.09. The molecule has 1 fully saturated rings. The second-order valence-corrected chi connectivity index (χ2v) is 8.82. The molecule has 1 heterocycles. The molecule has 0 bridgehead atoms. The van der Waals surface area contributed by atoms with Crippen molar-refractivity contribution in [2.75, 3.05) is 6.61 Å². The van der Waals surface area contributed by atoms with E-state index in [1.54, 1.807) is 6.07 Å². The summed E-state index contributed by atoms with van der Waals surface area (Å²) in [4.78, 5) is 0. The second kappa shape index (κ2) is 8.84. The Morgan fingerprint density at radius 2 is 1.57 bits per heavy atom. The van der Waals surface area contributed by atoms with E-state index in [0.29, 0.717) is 12.0 Å². The van der Waals surface area contributed by atoms with Crippen molar-refractivity contribution in [1.29, 1.82) is 0 Å². The molecule has 152 valence electrons. The first-order valence-corrected chi connectivity index (χ1v) is 10.5. The number of aliphatic hydroxyl groups excluding tert-OH is 4. The van der Waals surface area contributed by atoms with Crippen molar-refractivity contribution in [3.05, 3.63) is 64.2 Å². The molecule has 2 aromatic carbocycles. The molecule has 5 nitrogen and oxygen atoms in total. The summed E-state index contributed by atoms with van der Waals surface area (Å²) < 4.78 is 0. The smallest absolute Gasteiger partial charge is 0.120 e. The highest BCUT2D eigenvalue weighted by Crippen LogP contribution is 2.46. The molecule has 1 aliphatic rings. The van der Waals surface area contributed by atoms with Gasteiger partial charge in [-0.05, 0) is 48.1 Å². The lowest BCUT2D eigenvalue weighted by atomic mass is 9.92. The number of rotatable bonds is 5. The predicted molar refractivity (Wildman–Crippen MR) is 111 cm³/mol. The number of phenols is 1. The van der Waals surface area contributed by atoms with Gasteiger partial charge in [-0.1, -0.05) is 37.3 Å². The van der Waals surface area contributed by atoms with Gasteiger partial charge in [0.2, 0.25) is 0 Å². The van der Waals surface area contributed by atoms with Crippen molar-refractivity contribution in [1.82, 2.24) is 0 Å². The van der Waals surface area contributed by atoms with Crippen LogP contribution >= 0.6 is 11.8 Å². The van der Waals surface area contributed by atoms with Gasteiger partial charge in [-0.3, -0.25) is 0 Å². The van der Waals surface area contributed by atoms with Gasteiger partial charge in [0.1, 0.15) is 11.9 Å². The Bertz CT molecular complexity index is 805. The minimum Gasteiger partial charge on any atom is -0.508 e. The molecule has 28 heavy (non-hydrogen) atoms. The van der Waals surface area contributed by atoms with Gasteiger partial charge < -0.3 is 25.5 Å². The number of benzene rings is 2. The maximum absolute atomic E-state index is 10.5. The van der Waals surface area contributed by atoms with Crippen LogP contribution in [0.2, 0.25) is 0 Å². The summed E-state index contributed by atoms with van der Waals surface area (Å²) in [6.07, 6.45) is -2.17. The quantitative estimate of drug-likeness (QED) is 0.523. The lowest BCUT2D eigenvalue weighted by Crippen LogP contribution is -2.51. The molecule has 0 spiro atoms. The van der Waals surface area contributed by atoms with Crippen LogP contribution in [0.1, 0.15) is 40.0 Å². The summed E-state index contributed by atoms with van der Waals surface area (Å²) in [5.41, 5.74) is 4.89. The zero-order valence-electron chi connectivity index (χ0n) is 16.1. The molecule has 1 unspecified atom stereocenters. The summed E-state index contributed by atoms with van der Waals surface area (Å²) in [6, 6.07) is 11.9. The lowest BCUT2D eigenvalue weighted by molar-refractivity contribution is -0.0701. The highest BCUT2D eigenvalue weighted by molar-refractivity contribution is 8.00. The minimum atomic E-state index is -1.38. The van der Waals surface area contributed by atoms with E-state index in [-0.39, 0.29) is 12.4 Å². The van der Waals surface area contributed by atoms with Crippen LogP contribution in [0.5, 0.6) is 5.75 Å². The first-order chi connectivity index (χ1) is 13.3. The van der Waals surface area contributed by atoms with Gasteiger partial charge in [-0.2, -0.15) is 0 Å². The van der Waals surface area contributed by atoms with Crippen LogP contribution in [-0.2, 0) is 12.8 Å². The zero-order valence-corrected chi connectivity index (χ0v) is 16.9. The van der Waals surface area contributed by atoms with Crippen LogP contribution in [0.25, 0.3) is 0 Å². The fraction of sp³-hybridized carbons (Fsp3) is 0.455. The Morgan fingerprint density at radius 3 is 2.18 bits per heavy atom. The van der Waals surface area contributed by atoms with Crippen molar-refractivity contribution in [3.63, 3.8) is 0 Å². The molecule has 0 saturated carbocycles. The van der Waals surface area contributed by atoms with Gasteiger partial charge in [0.25, 0.3) is 0 Å². The first-order valence-electron chi connectivity index (χ1n) is 9.56. The molecule has 2 aromatic rings. The van der Waals surface area contributed by atoms with Gasteiger partial charge in [0.15, 0.2) is 0 Å². The number of aromatic hydroxyl groups is 1. The maximum Gasteiger partial charge on any atom is 0.120 e. The van der Waals surface area contributed by atoms with E-state index in [0.717, 1.165) is 23.1 Å². The predicted octanol–water partition coefficient (Wildman–Crippen LogP) is 2.09. The van der Waals surface area contributed by atoms with Crippen LogP contribution in [0.15, 0.2) is 36.4 Å². The number of aliphatic hydroxyl groups is 4. The summed E-state index contributed by atoms with van der Waals surface area (Å²) in [6.45, 7) is 3.72. The van der Waals surface area contributed by atoms with E-state index in [9.17, 15) is 25.5 Å². The standard InChI is InChI=1S/C22H28O5S/c1-3-13-4-6-14(7-5-13)9-15-10-16(17(24)8-12(15)2)22-21(27)20(26)19(25)18(11-23)28-22/h4-8,10,18-27H,3,9,11H2,1-2H3/t18?,19-,20+,21-,22+/m1/s1. The Hall–Kier alpha value is -1.57. The lowest BCUT2D eigenvalue weighted by Gasteiger charge is -2.40. The molecule has 5 atom stereocenters. The number of aryl methyl sites for hydroxylation is 2. The first kappa shape index (κ1) is 21.1. The molecule has 0 amide bonds. The number of hydrogen-bond acceptors (Lipinski definition) is 6. The maximum atomic E-state index is 10.5. The van der Waals surface area contributed by atoms with Gasteiger partial charge in [-0.15, -0.1) is 11.8 Å². The molecule has 1 aliphatic heterocycles. The van der Waals surface area contributed by atoms with Crippen molar-refractivity contribution in [3.8, 4) is 5.75 Å². The minimum absolute atomic E-state index is 0.0411. The summed E-state index contributed by atoms with van der Waals surface area (Å²) in [5.74, 6) is 0.0411. The van der Waals surface area contributed by atoms with Gasteiger partial charge in [0.05, 0.1) is 29.3 Å². The Balaban J connectivity index is 1.92. The molecule has 0 aliphatic carbocycles. The SMILES string of the molecule is CCc1ccc(Cc2cc([C@@H]3SC(CO)[C@@H](O)[C@H](O)[C@H]3O)c(O)cc2C)cc1. The molecule has 6 heteroatoms. The van der Waals surface area contributed by atoms with Crippen molar-refractivity contribution >= 4 is 11.8 Å². The van der Waals surface area contributed by atoms with Crippen molar-refractivity contribution in [2.45, 2.75) is 55.5 Å². The van der Waals surface area contributed by atoms with Crippen molar-refractivity contribution < 1.29 is 25.5 Å². The molecule has 0 aromatic heterocycles. The van der Waals surface area contributed by atoms with E-state index in [4.69, 9.17) is 0 Å². The summed E-state index contributed by atoms with van der Waals surface area (Å²) >= 11 is 1.17. The third kappa shape index (κ3) is 4.21. The third-order valence-corrected chi connectivity index (χ3v) is 7.11. The largest absolute Gasteiger partial charge is 0.508 e. The average molecular weight is 405 g/mol. The van der Waals surface area contributed by atoms with E-state index in [2.05, 4.69) is 31.2 Å². The van der Waals surface area contributed by atoms with Crippen LogP contribution in [-0.4, -0.2) is 55.7 Å².